The van der Waals surface area contributed by atoms with E-state index < -0.39 is 6.10 Å². The maximum absolute atomic E-state index is 10.2. The molecule has 3 nitrogen and oxygen atoms in total. The third-order valence-corrected chi connectivity index (χ3v) is 3.51. The summed E-state index contributed by atoms with van der Waals surface area (Å²) >= 11 is 0. The van der Waals surface area contributed by atoms with Crippen LogP contribution in [0.3, 0.4) is 0 Å². The second-order valence-electron chi connectivity index (χ2n) is 5.03. The molecule has 0 radical (unpaired) electrons. The van der Waals surface area contributed by atoms with Crippen LogP contribution in [0.2, 0.25) is 0 Å². The average Bonchev–Trinajstić information content (AvgIpc) is 3.22. The summed E-state index contributed by atoms with van der Waals surface area (Å²) in [5.41, 5.74) is 0.870. The van der Waals surface area contributed by atoms with Crippen molar-refractivity contribution in [3.8, 4) is 5.75 Å². The number of hydrogen-bond acceptors (Lipinski definition) is 3. The lowest BCUT2D eigenvalue weighted by molar-refractivity contribution is -0.0298. The van der Waals surface area contributed by atoms with Gasteiger partial charge in [-0.2, -0.15) is 0 Å². The maximum atomic E-state index is 10.2. The van der Waals surface area contributed by atoms with E-state index in [0.29, 0.717) is 0 Å². The Labute approximate surface area is 109 Å². The van der Waals surface area contributed by atoms with Gasteiger partial charge in [-0.15, -0.1) is 0 Å². The molecule has 0 heterocycles. The summed E-state index contributed by atoms with van der Waals surface area (Å²) in [5, 5.41) is 10.2. The Morgan fingerprint density at radius 1 is 1.28 bits per heavy atom. The highest BCUT2D eigenvalue weighted by Gasteiger charge is 2.22. The second kappa shape index (κ2) is 6.21. The van der Waals surface area contributed by atoms with Gasteiger partial charge in [0.25, 0.3) is 0 Å². The first-order valence-electron chi connectivity index (χ1n) is 6.64. The summed E-state index contributed by atoms with van der Waals surface area (Å²) in [4.78, 5) is 0. The summed E-state index contributed by atoms with van der Waals surface area (Å²) in [6, 6.07) is 7.47. The molecule has 0 bridgehead atoms. The molecule has 1 aromatic carbocycles. The number of rotatable bonds is 7. The number of aliphatic hydroxyl groups is 1. The van der Waals surface area contributed by atoms with Gasteiger partial charge in [0.1, 0.15) is 11.9 Å². The monoisotopic (exact) mass is 250 g/mol. The number of aliphatic hydroxyl groups excluding tert-OH is 1. The van der Waals surface area contributed by atoms with Crippen molar-refractivity contribution in [3.05, 3.63) is 29.8 Å². The Bertz CT molecular complexity index is 357. The fraction of sp³-hybridized carbons (Fsp3) is 0.600. The normalized spacial score (nSPS) is 18.4. The lowest BCUT2D eigenvalue weighted by Crippen LogP contribution is -2.19. The SMILES string of the molecule is COc1ccc(C(O)C(C)OCCC2CC2)cc1. The molecule has 0 saturated heterocycles. The highest BCUT2D eigenvalue weighted by molar-refractivity contribution is 5.28. The first kappa shape index (κ1) is 13.4. The van der Waals surface area contributed by atoms with Crippen molar-refractivity contribution >= 4 is 0 Å². The van der Waals surface area contributed by atoms with E-state index in [2.05, 4.69) is 0 Å². The van der Waals surface area contributed by atoms with Crippen molar-refractivity contribution < 1.29 is 14.6 Å². The fourth-order valence-electron chi connectivity index (χ4n) is 1.99. The van der Waals surface area contributed by atoms with Crippen molar-refractivity contribution in [1.29, 1.82) is 0 Å². The van der Waals surface area contributed by atoms with Gasteiger partial charge >= 0.3 is 0 Å². The summed E-state index contributed by atoms with van der Waals surface area (Å²) in [7, 11) is 1.63. The van der Waals surface area contributed by atoms with Gasteiger partial charge in [0, 0.05) is 6.61 Å². The highest BCUT2D eigenvalue weighted by atomic mass is 16.5. The van der Waals surface area contributed by atoms with Crippen LogP contribution in [-0.2, 0) is 4.74 Å². The van der Waals surface area contributed by atoms with Gasteiger partial charge in [-0.1, -0.05) is 25.0 Å². The summed E-state index contributed by atoms with van der Waals surface area (Å²) in [6.07, 6.45) is 3.07. The molecule has 1 aliphatic rings. The Morgan fingerprint density at radius 2 is 1.94 bits per heavy atom. The van der Waals surface area contributed by atoms with Crippen LogP contribution in [0.4, 0.5) is 0 Å². The molecule has 1 aliphatic carbocycles. The molecule has 2 rings (SSSR count). The van der Waals surface area contributed by atoms with Crippen LogP contribution in [0.1, 0.15) is 37.9 Å². The van der Waals surface area contributed by atoms with Gasteiger partial charge in [-0.25, -0.2) is 0 Å². The molecule has 100 valence electrons. The molecule has 1 aromatic rings. The van der Waals surface area contributed by atoms with E-state index in [-0.39, 0.29) is 6.10 Å². The van der Waals surface area contributed by atoms with Gasteiger partial charge in [-0.3, -0.25) is 0 Å². The predicted molar refractivity (Wildman–Crippen MR) is 70.7 cm³/mol. The molecule has 1 saturated carbocycles. The Kier molecular flexibility index (Phi) is 4.61. The lowest BCUT2D eigenvalue weighted by atomic mass is 10.1. The molecule has 0 amide bonds. The molecule has 0 spiro atoms. The van der Waals surface area contributed by atoms with E-state index in [1.807, 2.05) is 31.2 Å². The van der Waals surface area contributed by atoms with E-state index in [1.54, 1.807) is 7.11 Å². The third-order valence-electron chi connectivity index (χ3n) is 3.51. The first-order valence-corrected chi connectivity index (χ1v) is 6.64. The Hall–Kier alpha value is -1.06. The van der Waals surface area contributed by atoms with Crippen LogP contribution in [0, 0.1) is 5.92 Å². The second-order valence-corrected chi connectivity index (χ2v) is 5.03. The summed E-state index contributed by atoms with van der Waals surface area (Å²) in [6.45, 7) is 2.67. The van der Waals surface area contributed by atoms with Crippen molar-refractivity contribution in [2.24, 2.45) is 5.92 Å². The van der Waals surface area contributed by atoms with Crippen LogP contribution in [0.5, 0.6) is 5.75 Å². The van der Waals surface area contributed by atoms with Gasteiger partial charge in [0.15, 0.2) is 0 Å². The van der Waals surface area contributed by atoms with Crippen LogP contribution in [0.15, 0.2) is 24.3 Å². The fourth-order valence-corrected chi connectivity index (χ4v) is 1.99. The van der Waals surface area contributed by atoms with Gasteiger partial charge < -0.3 is 14.6 Å². The van der Waals surface area contributed by atoms with Gasteiger partial charge in [0.05, 0.1) is 13.2 Å². The molecule has 2 atom stereocenters. The third kappa shape index (κ3) is 3.72. The van der Waals surface area contributed by atoms with Crippen molar-refractivity contribution in [3.63, 3.8) is 0 Å². The minimum atomic E-state index is -0.574. The molecule has 0 aromatic heterocycles. The van der Waals surface area contributed by atoms with E-state index in [9.17, 15) is 5.11 Å². The zero-order chi connectivity index (χ0) is 13.0. The minimum Gasteiger partial charge on any atom is -0.497 e. The molecule has 18 heavy (non-hydrogen) atoms. The zero-order valence-electron chi connectivity index (χ0n) is 11.1. The van der Waals surface area contributed by atoms with Crippen LogP contribution in [0.25, 0.3) is 0 Å². The van der Waals surface area contributed by atoms with Crippen molar-refractivity contribution in [2.75, 3.05) is 13.7 Å². The van der Waals surface area contributed by atoms with Crippen molar-refractivity contribution in [2.45, 2.75) is 38.4 Å². The number of ether oxygens (including phenoxy) is 2. The number of hydrogen-bond donors (Lipinski definition) is 1. The smallest absolute Gasteiger partial charge is 0.118 e. The minimum absolute atomic E-state index is 0.169. The number of methoxy groups -OCH3 is 1. The Balaban J connectivity index is 1.81. The topological polar surface area (TPSA) is 38.7 Å². The average molecular weight is 250 g/mol. The summed E-state index contributed by atoms with van der Waals surface area (Å²) in [5.74, 6) is 1.67. The van der Waals surface area contributed by atoms with Gasteiger partial charge in [-0.05, 0) is 37.0 Å². The molecule has 1 N–H and O–H groups in total. The number of benzene rings is 1. The Morgan fingerprint density at radius 3 is 2.50 bits per heavy atom. The highest BCUT2D eigenvalue weighted by Crippen LogP contribution is 2.32. The van der Waals surface area contributed by atoms with E-state index in [1.165, 1.54) is 12.8 Å². The van der Waals surface area contributed by atoms with Crippen LogP contribution >= 0.6 is 0 Å². The molecule has 0 aliphatic heterocycles. The van der Waals surface area contributed by atoms with E-state index in [4.69, 9.17) is 9.47 Å². The molecule has 3 heteroatoms. The largest absolute Gasteiger partial charge is 0.497 e. The van der Waals surface area contributed by atoms with Gasteiger partial charge in [0.2, 0.25) is 0 Å². The first-order chi connectivity index (χ1) is 8.70. The molecule has 1 fully saturated rings. The van der Waals surface area contributed by atoms with Crippen LogP contribution in [-0.4, -0.2) is 24.9 Å². The maximum Gasteiger partial charge on any atom is 0.118 e. The predicted octanol–water partition coefficient (Wildman–Crippen LogP) is 2.93. The zero-order valence-corrected chi connectivity index (χ0v) is 11.1. The lowest BCUT2D eigenvalue weighted by Gasteiger charge is -2.20. The standard InChI is InChI=1S/C15H22O3/c1-11(18-10-9-12-3-4-12)15(16)13-5-7-14(17-2)8-6-13/h5-8,11-12,15-16H,3-4,9-10H2,1-2H3. The van der Waals surface area contributed by atoms with Crippen molar-refractivity contribution in [1.82, 2.24) is 0 Å². The van der Waals surface area contributed by atoms with E-state index >= 15 is 0 Å². The molecular weight excluding hydrogens is 228 g/mol. The molecular formula is C15H22O3. The van der Waals surface area contributed by atoms with Crippen LogP contribution < -0.4 is 4.74 Å². The molecule has 2 unspecified atom stereocenters. The summed E-state index contributed by atoms with van der Waals surface area (Å²) < 4.78 is 10.8. The quantitative estimate of drug-likeness (QED) is 0.808. The van der Waals surface area contributed by atoms with E-state index in [0.717, 1.165) is 30.3 Å².